The Hall–Kier alpha value is -2.95. The van der Waals surface area contributed by atoms with Crippen LogP contribution in [0.1, 0.15) is 12.8 Å². The van der Waals surface area contributed by atoms with E-state index in [-0.39, 0.29) is 29.3 Å². The van der Waals surface area contributed by atoms with Crippen molar-refractivity contribution in [3.63, 3.8) is 0 Å². The van der Waals surface area contributed by atoms with E-state index in [0.29, 0.717) is 35.7 Å². The summed E-state index contributed by atoms with van der Waals surface area (Å²) in [6.07, 6.45) is 1.11. The fourth-order valence-electron chi connectivity index (χ4n) is 3.50. The number of sulfonamides is 1. The van der Waals surface area contributed by atoms with E-state index in [1.54, 1.807) is 36.4 Å². The Morgan fingerprint density at radius 3 is 2.66 bits per heavy atom. The number of benzene rings is 2. The third kappa shape index (κ3) is 4.62. The van der Waals surface area contributed by atoms with Crippen LogP contribution in [0.15, 0.2) is 57.8 Å². The first-order chi connectivity index (χ1) is 15.4. The van der Waals surface area contributed by atoms with Gasteiger partial charge in [0, 0.05) is 13.1 Å². The van der Waals surface area contributed by atoms with Crippen molar-refractivity contribution >= 4 is 33.5 Å². The second kappa shape index (κ2) is 9.27. The van der Waals surface area contributed by atoms with Crippen molar-refractivity contribution in [3.05, 3.63) is 53.6 Å². The van der Waals surface area contributed by atoms with Gasteiger partial charge in [0.1, 0.15) is 5.75 Å². The molecule has 1 aliphatic heterocycles. The van der Waals surface area contributed by atoms with Crippen molar-refractivity contribution in [1.82, 2.24) is 14.5 Å². The van der Waals surface area contributed by atoms with E-state index in [1.165, 1.54) is 23.5 Å². The molecule has 9 nitrogen and oxygen atoms in total. The van der Waals surface area contributed by atoms with Gasteiger partial charge in [-0.15, -0.1) is 5.10 Å². The molecule has 0 saturated carbocycles. The summed E-state index contributed by atoms with van der Waals surface area (Å²) in [4.78, 5) is 12.9. The quantitative estimate of drug-likeness (QED) is 0.579. The van der Waals surface area contributed by atoms with Gasteiger partial charge in [-0.1, -0.05) is 28.8 Å². The standard InChI is InChI=1S/C21H21ClN4O5S/c1-30-15-8-10-16(11-9-15)32(28,29)26-12-4-5-14(13-26)19(27)23-21-25-24-20(31-21)17-6-2-3-7-18(17)22/h2-3,6-11,14H,4-5,12-13H2,1H3,(H,23,25,27). The Balaban J connectivity index is 1.44. The van der Waals surface area contributed by atoms with Gasteiger partial charge in [0.05, 0.1) is 28.5 Å². The Morgan fingerprint density at radius 2 is 1.94 bits per heavy atom. The van der Waals surface area contributed by atoms with Crippen LogP contribution in [0.3, 0.4) is 0 Å². The second-order valence-electron chi connectivity index (χ2n) is 7.26. The number of piperidine rings is 1. The topological polar surface area (TPSA) is 115 Å². The summed E-state index contributed by atoms with van der Waals surface area (Å²) in [5.74, 6) is -0.185. The van der Waals surface area contributed by atoms with Crippen molar-refractivity contribution in [2.24, 2.45) is 5.92 Å². The number of aromatic nitrogens is 2. The summed E-state index contributed by atoms with van der Waals surface area (Å²) in [5.41, 5.74) is 0.552. The van der Waals surface area contributed by atoms with Crippen molar-refractivity contribution < 1.29 is 22.4 Å². The van der Waals surface area contributed by atoms with Gasteiger partial charge < -0.3 is 9.15 Å². The molecule has 0 aliphatic carbocycles. The smallest absolute Gasteiger partial charge is 0.322 e. The summed E-state index contributed by atoms with van der Waals surface area (Å²) < 4.78 is 37.9. The molecular formula is C21H21ClN4O5S. The molecule has 1 amide bonds. The maximum Gasteiger partial charge on any atom is 0.322 e. The lowest BCUT2D eigenvalue weighted by Gasteiger charge is -2.30. The van der Waals surface area contributed by atoms with Crippen LogP contribution >= 0.6 is 11.6 Å². The molecule has 4 rings (SSSR count). The second-order valence-corrected chi connectivity index (χ2v) is 9.60. The molecular weight excluding hydrogens is 456 g/mol. The highest BCUT2D eigenvalue weighted by Gasteiger charge is 2.34. The molecule has 11 heteroatoms. The number of anilines is 1. The van der Waals surface area contributed by atoms with Gasteiger partial charge in [0.15, 0.2) is 0 Å². The number of carbonyl (C=O) groups excluding carboxylic acids is 1. The molecule has 1 aromatic heterocycles. The van der Waals surface area contributed by atoms with E-state index in [2.05, 4.69) is 15.5 Å². The Kier molecular flexibility index (Phi) is 6.45. The van der Waals surface area contributed by atoms with Crippen molar-refractivity contribution in [2.45, 2.75) is 17.7 Å². The third-order valence-corrected chi connectivity index (χ3v) is 7.42. The fourth-order valence-corrected chi connectivity index (χ4v) is 5.24. The Morgan fingerprint density at radius 1 is 1.19 bits per heavy atom. The molecule has 1 saturated heterocycles. The molecule has 1 fully saturated rings. The van der Waals surface area contributed by atoms with Gasteiger partial charge in [-0.25, -0.2) is 8.42 Å². The van der Waals surface area contributed by atoms with Crippen LogP contribution in [0.25, 0.3) is 11.5 Å². The highest BCUT2D eigenvalue weighted by atomic mass is 35.5. The van der Waals surface area contributed by atoms with E-state index in [9.17, 15) is 13.2 Å². The van der Waals surface area contributed by atoms with Gasteiger partial charge in [-0.3, -0.25) is 10.1 Å². The summed E-state index contributed by atoms with van der Waals surface area (Å²) in [6.45, 7) is 0.404. The lowest BCUT2D eigenvalue weighted by Crippen LogP contribution is -2.43. The Labute approximate surface area is 190 Å². The summed E-state index contributed by atoms with van der Waals surface area (Å²) in [5, 5.41) is 10.8. The molecule has 1 N–H and O–H groups in total. The minimum absolute atomic E-state index is 0.0612. The number of amides is 1. The van der Waals surface area contributed by atoms with E-state index in [0.717, 1.165) is 0 Å². The zero-order valence-electron chi connectivity index (χ0n) is 17.2. The average molecular weight is 477 g/mol. The minimum atomic E-state index is -3.73. The molecule has 1 atom stereocenters. The van der Waals surface area contributed by atoms with Crippen LogP contribution in [0.5, 0.6) is 5.75 Å². The molecule has 2 aromatic carbocycles. The van der Waals surface area contributed by atoms with E-state index >= 15 is 0 Å². The molecule has 168 valence electrons. The fraction of sp³-hybridized carbons (Fsp3) is 0.286. The SMILES string of the molecule is COc1ccc(S(=O)(=O)N2CCCC(C(=O)Nc3nnc(-c4ccccc4Cl)o3)C2)cc1. The highest BCUT2D eigenvalue weighted by Crippen LogP contribution is 2.29. The molecule has 1 aliphatic rings. The lowest BCUT2D eigenvalue weighted by atomic mass is 9.99. The van der Waals surface area contributed by atoms with Crippen LogP contribution in [0.2, 0.25) is 5.02 Å². The molecule has 2 heterocycles. The number of carbonyl (C=O) groups is 1. The van der Waals surface area contributed by atoms with Gasteiger partial charge in [0.25, 0.3) is 5.89 Å². The predicted molar refractivity (Wildman–Crippen MR) is 118 cm³/mol. The molecule has 0 bridgehead atoms. The van der Waals surface area contributed by atoms with Crippen LogP contribution in [0.4, 0.5) is 6.01 Å². The number of hydrogen-bond donors (Lipinski definition) is 1. The van der Waals surface area contributed by atoms with E-state index in [4.69, 9.17) is 20.8 Å². The molecule has 1 unspecified atom stereocenters. The van der Waals surface area contributed by atoms with Crippen LogP contribution in [-0.2, 0) is 14.8 Å². The monoisotopic (exact) mass is 476 g/mol. The number of ether oxygens (including phenoxy) is 1. The maximum atomic E-state index is 13.0. The lowest BCUT2D eigenvalue weighted by molar-refractivity contribution is -0.121. The number of rotatable bonds is 6. The maximum absolute atomic E-state index is 13.0. The summed E-state index contributed by atoms with van der Waals surface area (Å²) in [7, 11) is -2.22. The van der Waals surface area contributed by atoms with Crippen molar-refractivity contribution in [1.29, 1.82) is 0 Å². The van der Waals surface area contributed by atoms with Crippen LogP contribution in [-0.4, -0.2) is 49.0 Å². The Bertz CT molecular complexity index is 1210. The average Bonchev–Trinajstić information content (AvgIpc) is 3.27. The molecule has 32 heavy (non-hydrogen) atoms. The van der Waals surface area contributed by atoms with Gasteiger partial charge in [0.2, 0.25) is 15.9 Å². The van der Waals surface area contributed by atoms with Gasteiger partial charge >= 0.3 is 6.01 Å². The molecule has 3 aromatic rings. The first-order valence-electron chi connectivity index (χ1n) is 9.92. The predicted octanol–water partition coefficient (Wildman–Crippen LogP) is 3.44. The normalized spacial score (nSPS) is 17.1. The van der Waals surface area contributed by atoms with E-state index < -0.39 is 15.9 Å². The number of nitrogens with zero attached hydrogens (tertiary/aromatic N) is 3. The van der Waals surface area contributed by atoms with Crippen LogP contribution < -0.4 is 10.1 Å². The zero-order valence-corrected chi connectivity index (χ0v) is 18.8. The largest absolute Gasteiger partial charge is 0.497 e. The van der Waals surface area contributed by atoms with Gasteiger partial charge in [-0.05, 0) is 49.2 Å². The number of hydrogen-bond acceptors (Lipinski definition) is 7. The summed E-state index contributed by atoms with van der Waals surface area (Å²) >= 11 is 6.14. The highest BCUT2D eigenvalue weighted by molar-refractivity contribution is 7.89. The number of halogens is 1. The van der Waals surface area contributed by atoms with Crippen molar-refractivity contribution in [2.75, 3.05) is 25.5 Å². The van der Waals surface area contributed by atoms with Crippen molar-refractivity contribution in [3.8, 4) is 17.2 Å². The number of methoxy groups -OCH3 is 1. The minimum Gasteiger partial charge on any atom is -0.497 e. The van der Waals surface area contributed by atoms with Gasteiger partial charge in [-0.2, -0.15) is 4.31 Å². The molecule has 0 radical (unpaired) electrons. The zero-order chi connectivity index (χ0) is 22.7. The summed E-state index contributed by atoms with van der Waals surface area (Å²) in [6, 6.07) is 13.1. The first-order valence-corrected chi connectivity index (χ1v) is 11.7. The third-order valence-electron chi connectivity index (χ3n) is 5.21. The number of nitrogens with one attached hydrogen (secondary N) is 1. The molecule has 0 spiro atoms. The van der Waals surface area contributed by atoms with E-state index in [1.807, 2.05) is 0 Å². The van der Waals surface area contributed by atoms with Crippen LogP contribution in [0, 0.1) is 5.92 Å². The first kappa shape index (κ1) is 22.3.